The summed E-state index contributed by atoms with van der Waals surface area (Å²) in [6.07, 6.45) is 4.51. The Morgan fingerprint density at radius 3 is 2.83 bits per heavy atom. The minimum absolute atomic E-state index is 0.0268. The molecule has 1 aromatic heterocycles. The van der Waals surface area contributed by atoms with Crippen molar-refractivity contribution in [3.63, 3.8) is 0 Å². The van der Waals surface area contributed by atoms with Crippen LogP contribution in [0.25, 0.3) is 0 Å². The average Bonchev–Trinajstić information content (AvgIpc) is 2.90. The summed E-state index contributed by atoms with van der Waals surface area (Å²) < 4.78 is 1.69. The van der Waals surface area contributed by atoms with Crippen molar-refractivity contribution in [2.45, 2.75) is 25.3 Å². The molecule has 0 unspecified atom stereocenters. The van der Waals surface area contributed by atoms with E-state index < -0.39 is 11.9 Å². The summed E-state index contributed by atoms with van der Waals surface area (Å²) in [5, 5.41) is 7.45. The molecule has 1 atom stereocenters. The molecule has 7 heteroatoms. The lowest BCUT2D eigenvalue weighted by Gasteiger charge is -2.18. The number of rotatable bonds is 7. The first-order valence-electron chi connectivity index (χ1n) is 7.24. The van der Waals surface area contributed by atoms with E-state index in [4.69, 9.17) is 17.3 Å². The number of hydrogen-bond donors (Lipinski definition) is 2. The normalized spacial score (nSPS) is 11.9. The van der Waals surface area contributed by atoms with Gasteiger partial charge in [0.1, 0.15) is 0 Å². The van der Waals surface area contributed by atoms with Crippen LogP contribution >= 0.6 is 11.6 Å². The zero-order valence-electron chi connectivity index (χ0n) is 12.8. The van der Waals surface area contributed by atoms with E-state index in [2.05, 4.69) is 10.4 Å². The maximum atomic E-state index is 12.1. The van der Waals surface area contributed by atoms with Crippen LogP contribution in [0.15, 0.2) is 36.7 Å². The van der Waals surface area contributed by atoms with Gasteiger partial charge in [-0.2, -0.15) is 5.10 Å². The predicted octanol–water partition coefficient (Wildman–Crippen LogP) is 1.74. The largest absolute Gasteiger partial charge is 0.370 e. The molecule has 0 spiro atoms. The first-order valence-corrected chi connectivity index (χ1v) is 7.62. The molecule has 1 aromatic carbocycles. The summed E-state index contributed by atoms with van der Waals surface area (Å²) in [5.74, 6) is -0.636. The summed E-state index contributed by atoms with van der Waals surface area (Å²) in [6.45, 7) is 0. The van der Waals surface area contributed by atoms with Gasteiger partial charge < -0.3 is 11.1 Å². The van der Waals surface area contributed by atoms with Crippen LogP contribution in [0, 0.1) is 0 Å². The Kier molecular flexibility index (Phi) is 5.76. The molecule has 0 saturated heterocycles. The van der Waals surface area contributed by atoms with Crippen LogP contribution in [-0.4, -0.2) is 21.6 Å². The van der Waals surface area contributed by atoms with Gasteiger partial charge in [0.05, 0.1) is 18.7 Å². The second kappa shape index (κ2) is 7.78. The van der Waals surface area contributed by atoms with Gasteiger partial charge >= 0.3 is 0 Å². The second-order valence-corrected chi connectivity index (χ2v) is 5.80. The van der Waals surface area contributed by atoms with Gasteiger partial charge in [0.2, 0.25) is 11.8 Å². The van der Waals surface area contributed by atoms with E-state index in [1.54, 1.807) is 35.1 Å². The Bertz CT molecular complexity index is 699. The molecule has 0 aliphatic rings. The summed E-state index contributed by atoms with van der Waals surface area (Å²) in [5.41, 5.74) is 7.02. The van der Waals surface area contributed by atoms with Gasteiger partial charge in [-0.3, -0.25) is 14.3 Å². The van der Waals surface area contributed by atoms with Gasteiger partial charge in [-0.05, 0) is 29.7 Å². The Balaban J connectivity index is 1.99. The summed E-state index contributed by atoms with van der Waals surface area (Å²) in [7, 11) is 1.83. The highest BCUT2D eigenvalue weighted by Crippen LogP contribution is 2.20. The lowest BCUT2D eigenvalue weighted by atomic mass is 10.0. The summed E-state index contributed by atoms with van der Waals surface area (Å²) in [4.78, 5) is 23.4. The zero-order valence-corrected chi connectivity index (χ0v) is 13.6. The van der Waals surface area contributed by atoms with Crippen molar-refractivity contribution >= 4 is 23.4 Å². The topological polar surface area (TPSA) is 90.0 Å². The smallest absolute Gasteiger partial charge is 0.220 e. The first-order chi connectivity index (χ1) is 10.9. The van der Waals surface area contributed by atoms with Crippen molar-refractivity contribution in [1.82, 2.24) is 15.1 Å². The third-order valence-electron chi connectivity index (χ3n) is 3.39. The number of carbonyl (C=O) groups is 2. The number of nitrogens with two attached hydrogens (primary N) is 1. The monoisotopic (exact) mass is 334 g/mol. The SMILES string of the molecule is Cn1cc(CCC(=O)N[C@H](CC(N)=O)c2cccc(Cl)c2)cn1. The number of carbonyl (C=O) groups excluding carboxylic acids is 2. The van der Waals surface area contributed by atoms with Crippen molar-refractivity contribution < 1.29 is 9.59 Å². The van der Waals surface area contributed by atoms with Crippen molar-refractivity contribution in [3.05, 3.63) is 52.8 Å². The van der Waals surface area contributed by atoms with Gasteiger partial charge in [0.15, 0.2) is 0 Å². The third-order valence-corrected chi connectivity index (χ3v) is 3.63. The zero-order chi connectivity index (χ0) is 16.8. The highest BCUT2D eigenvalue weighted by molar-refractivity contribution is 6.30. The highest BCUT2D eigenvalue weighted by Gasteiger charge is 2.17. The van der Waals surface area contributed by atoms with Crippen molar-refractivity contribution in [2.24, 2.45) is 12.8 Å². The lowest BCUT2D eigenvalue weighted by Crippen LogP contribution is -2.31. The second-order valence-electron chi connectivity index (χ2n) is 5.37. The number of halogens is 1. The Morgan fingerprint density at radius 1 is 1.43 bits per heavy atom. The maximum absolute atomic E-state index is 12.1. The minimum atomic E-state index is -0.484. The number of nitrogens with one attached hydrogen (secondary N) is 1. The molecule has 2 rings (SSSR count). The molecule has 0 bridgehead atoms. The fourth-order valence-corrected chi connectivity index (χ4v) is 2.50. The standard InChI is InChI=1S/C16H19ClN4O2/c1-21-10-11(9-19-21)5-6-16(23)20-14(8-15(18)22)12-3-2-4-13(17)7-12/h2-4,7,9-10,14H,5-6,8H2,1H3,(H2,18,22)(H,20,23)/t14-/m1/s1. The van der Waals surface area contributed by atoms with E-state index >= 15 is 0 Å². The minimum Gasteiger partial charge on any atom is -0.370 e. The lowest BCUT2D eigenvalue weighted by molar-refractivity contribution is -0.122. The highest BCUT2D eigenvalue weighted by atomic mass is 35.5. The van der Waals surface area contributed by atoms with E-state index in [1.165, 1.54) is 0 Å². The number of primary amides is 1. The van der Waals surface area contributed by atoms with Crippen LogP contribution in [0.2, 0.25) is 5.02 Å². The molecule has 0 fully saturated rings. The molecule has 0 aliphatic heterocycles. The van der Waals surface area contributed by atoms with Gasteiger partial charge in [0, 0.05) is 24.7 Å². The van der Waals surface area contributed by atoms with Crippen molar-refractivity contribution in [2.75, 3.05) is 0 Å². The number of aromatic nitrogens is 2. The molecule has 0 aliphatic carbocycles. The number of hydrogen-bond acceptors (Lipinski definition) is 3. The fraction of sp³-hybridized carbons (Fsp3) is 0.312. The molecule has 2 aromatic rings. The van der Waals surface area contributed by atoms with Crippen LogP contribution in [0.4, 0.5) is 0 Å². The summed E-state index contributed by atoms with van der Waals surface area (Å²) in [6, 6.07) is 6.55. The van der Waals surface area contributed by atoms with E-state index in [-0.39, 0.29) is 12.3 Å². The van der Waals surface area contributed by atoms with Crippen LogP contribution in [0.1, 0.15) is 30.0 Å². The van der Waals surface area contributed by atoms with Crippen LogP contribution in [0.3, 0.4) is 0 Å². The van der Waals surface area contributed by atoms with Crippen LogP contribution in [0.5, 0.6) is 0 Å². The molecule has 0 radical (unpaired) electrons. The molecule has 1 heterocycles. The molecular formula is C16H19ClN4O2. The number of nitrogens with zero attached hydrogens (tertiary/aromatic N) is 2. The average molecular weight is 335 g/mol. The van der Waals surface area contributed by atoms with Gasteiger partial charge in [-0.15, -0.1) is 0 Å². The van der Waals surface area contributed by atoms with E-state index in [1.807, 2.05) is 13.2 Å². The molecule has 23 heavy (non-hydrogen) atoms. The first kappa shape index (κ1) is 17.0. The van der Waals surface area contributed by atoms with Crippen molar-refractivity contribution in [1.29, 1.82) is 0 Å². The van der Waals surface area contributed by atoms with E-state index in [9.17, 15) is 9.59 Å². The van der Waals surface area contributed by atoms with Gasteiger partial charge in [0.25, 0.3) is 0 Å². The predicted molar refractivity (Wildman–Crippen MR) is 87.7 cm³/mol. The van der Waals surface area contributed by atoms with Crippen LogP contribution < -0.4 is 11.1 Å². The molecular weight excluding hydrogens is 316 g/mol. The van der Waals surface area contributed by atoms with E-state index in [0.717, 1.165) is 11.1 Å². The number of aryl methyl sites for hydroxylation is 2. The van der Waals surface area contributed by atoms with E-state index in [0.29, 0.717) is 17.9 Å². The maximum Gasteiger partial charge on any atom is 0.220 e. The van der Waals surface area contributed by atoms with Crippen molar-refractivity contribution in [3.8, 4) is 0 Å². The Hall–Kier alpha value is -2.34. The molecule has 3 N–H and O–H groups in total. The molecule has 0 saturated carbocycles. The number of benzene rings is 1. The Morgan fingerprint density at radius 2 is 2.22 bits per heavy atom. The quantitative estimate of drug-likeness (QED) is 0.808. The molecule has 6 nitrogen and oxygen atoms in total. The van der Waals surface area contributed by atoms with Gasteiger partial charge in [-0.1, -0.05) is 23.7 Å². The van der Waals surface area contributed by atoms with Crippen LogP contribution in [-0.2, 0) is 23.1 Å². The summed E-state index contributed by atoms with van der Waals surface area (Å²) >= 11 is 5.97. The van der Waals surface area contributed by atoms with Gasteiger partial charge in [-0.25, -0.2) is 0 Å². The third kappa shape index (κ3) is 5.41. The molecule has 2 amide bonds. The molecule has 122 valence electrons. The number of amides is 2. The fourth-order valence-electron chi connectivity index (χ4n) is 2.30. The Labute approximate surface area is 139 Å².